The zero-order valence-corrected chi connectivity index (χ0v) is 22.1. The molecule has 11 heteroatoms. The highest BCUT2D eigenvalue weighted by molar-refractivity contribution is 7.99. The van der Waals surface area contributed by atoms with Gasteiger partial charge in [0.25, 0.3) is 11.9 Å². The fourth-order valence-corrected chi connectivity index (χ4v) is 4.39. The molecule has 0 saturated heterocycles. The van der Waals surface area contributed by atoms with Crippen LogP contribution in [0.2, 0.25) is 0 Å². The Hall–Kier alpha value is -4.90. The Bertz CT molecular complexity index is 1560. The maximum Gasteiger partial charge on any atom is 0.285 e. The van der Waals surface area contributed by atoms with Gasteiger partial charge in [-0.1, -0.05) is 60.3 Å². The third kappa shape index (κ3) is 7.35. The van der Waals surface area contributed by atoms with E-state index >= 15 is 0 Å². The monoisotopic (exact) mass is 556 g/mol. The van der Waals surface area contributed by atoms with E-state index in [1.54, 1.807) is 24.3 Å². The van der Waals surface area contributed by atoms with Crippen molar-refractivity contribution in [1.82, 2.24) is 20.2 Å². The lowest BCUT2D eigenvalue weighted by Gasteiger charge is -2.11. The molecular formula is C29H25FN6O3S. The molecule has 0 unspecified atom stereocenters. The van der Waals surface area contributed by atoms with Gasteiger partial charge in [-0.15, -0.1) is 10.2 Å². The maximum absolute atomic E-state index is 13.0. The van der Waals surface area contributed by atoms with Gasteiger partial charge in [-0.2, -0.15) is 5.10 Å². The zero-order chi connectivity index (χ0) is 27.6. The molecule has 202 valence electrons. The number of nitrogens with zero attached hydrogens (tertiary/aromatic N) is 4. The summed E-state index contributed by atoms with van der Waals surface area (Å²) in [5.41, 5.74) is 5.16. The lowest BCUT2D eigenvalue weighted by molar-refractivity contribution is -0.118. The SMILES string of the molecule is O=C(CSc1nnc(CNc2ccccc2)n1-c1ccccc1)N/N=C/c1ccc(OCc2ccc(F)cc2)o1. The highest BCUT2D eigenvalue weighted by atomic mass is 32.2. The van der Waals surface area contributed by atoms with E-state index in [1.807, 2.05) is 65.2 Å². The van der Waals surface area contributed by atoms with Crippen molar-refractivity contribution in [3.63, 3.8) is 0 Å². The average Bonchev–Trinajstić information content (AvgIpc) is 3.62. The van der Waals surface area contributed by atoms with Crippen molar-refractivity contribution in [2.75, 3.05) is 11.1 Å². The summed E-state index contributed by atoms with van der Waals surface area (Å²) in [6, 6.07) is 28.9. The van der Waals surface area contributed by atoms with E-state index in [0.29, 0.717) is 23.3 Å². The second-order valence-corrected chi connectivity index (χ2v) is 9.39. The normalized spacial score (nSPS) is 11.0. The van der Waals surface area contributed by atoms with Crippen LogP contribution in [0.25, 0.3) is 5.69 Å². The molecule has 0 aliphatic rings. The Labute approximate surface area is 234 Å². The van der Waals surface area contributed by atoms with E-state index in [0.717, 1.165) is 16.9 Å². The molecule has 2 heterocycles. The van der Waals surface area contributed by atoms with Crippen LogP contribution in [-0.2, 0) is 17.9 Å². The van der Waals surface area contributed by atoms with E-state index in [1.165, 1.54) is 30.1 Å². The van der Waals surface area contributed by atoms with E-state index in [-0.39, 0.29) is 30.0 Å². The maximum atomic E-state index is 13.0. The second kappa shape index (κ2) is 13.3. The molecule has 5 aromatic rings. The molecule has 0 bridgehead atoms. The zero-order valence-electron chi connectivity index (χ0n) is 21.2. The number of anilines is 1. The number of aromatic nitrogens is 3. The summed E-state index contributed by atoms with van der Waals surface area (Å²) >= 11 is 1.26. The molecular weight excluding hydrogens is 531 g/mol. The summed E-state index contributed by atoms with van der Waals surface area (Å²) in [4.78, 5) is 12.5. The molecule has 5 rings (SSSR count). The first kappa shape index (κ1) is 26.7. The smallest absolute Gasteiger partial charge is 0.285 e. The number of thioether (sulfide) groups is 1. The molecule has 3 aromatic carbocycles. The number of furan rings is 1. The molecule has 0 atom stereocenters. The number of amides is 1. The number of ether oxygens (including phenoxy) is 1. The lowest BCUT2D eigenvalue weighted by Crippen LogP contribution is -2.20. The van der Waals surface area contributed by atoms with Gasteiger partial charge in [0.15, 0.2) is 16.7 Å². The Morgan fingerprint density at radius 2 is 1.73 bits per heavy atom. The first-order chi connectivity index (χ1) is 19.6. The van der Waals surface area contributed by atoms with E-state index < -0.39 is 0 Å². The van der Waals surface area contributed by atoms with Gasteiger partial charge in [0.1, 0.15) is 12.4 Å². The molecule has 0 aliphatic heterocycles. The number of nitrogens with one attached hydrogen (secondary N) is 2. The van der Waals surface area contributed by atoms with Crippen LogP contribution in [0.1, 0.15) is 17.1 Å². The van der Waals surface area contributed by atoms with Crippen molar-refractivity contribution in [3.05, 3.63) is 120 Å². The fraction of sp³-hybridized carbons (Fsp3) is 0.103. The van der Waals surface area contributed by atoms with Crippen LogP contribution in [-0.4, -0.2) is 32.6 Å². The summed E-state index contributed by atoms with van der Waals surface area (Å²) in [6.07, 6.45) is 1.38. The molecule has 2 N–H and O–H groups in total. The number of carbonyl (C=O) groups is 1. The summed E-state index contributed by atoms with van der Waals surface area (Å²) in [5.74, 6) is 0.864. The number of rotatable bonds is 12. The van der Waals surface area contributed by atoms with Gasteiger partial charge in [-0.05, 0) is 48.0 Å². The second-order valence-electron chi connectivity index (χ2n) is 8.44. The summed E-state index contributed by atoms with van der Waals surface area (Å²) in [7, 11) is 0. The van der Waals surface area contributed by atoms with Crippen molar-refractivity contribution in [2.24, 2.45) is 5.10 Å². The van der Waals surface area contributed by atoms with Crippen molar-refractivity contribution in [3.8, 4) is 11.6 Å². The lowest BCUT2D eigenvalue weighted by atomic mass is 10.2. The predicted molar refractivity (Wildman–Crippen MR) is 151 cm³/mol. The van der Waals surface area contributed by atoms with Crippen molar-refractivity contribution in [1.29, 1.82) is 0 Å². The first-order valence-corrected chi connectivity index (χ1v) is 13.3. The molecule has 0 fully saturated rings. The van der Waals surface area contributed by atoms with Gasteiger partial charge < -0.3 is 14.5 Å². The highest BCUT2D eigenvalue weighted by Crippen LogP contribution is 2.23. The van der Waals surface area contributed by atoms with Gasteiger partial charge in [-0.25, -0.2) is 9.82 Å². The van der Waals surface area contributed by atoms with Crippen LogP contribution in [0.4, 0.5) is 10.1 Å². The van der Waals surface area contributed by atoms with Crippen molar-refractivity contribution >= 4 is 29.6 Å². The Morgan fingerprint density at radius 1 is 0.975 bits per heavy atom. The minimum Gasteiger partial charge on any atom is -0.460 e. The van der Waals surface area contributed by atoms with Crippen LogP contribution in [0.5, 0.6) is 5.95 Å². The number of hydrogen-bond acceptors (Lipinski definition) is 8. The van der Waals surface area contributed by atoms with E-state index in [2.05, 4.69) is 26.0 Å². The van der Waals surface area contributed by atoms with Crippen molar-refractivity contribution < 1.29 is 18.3 Å². The minimum atomic E-state index is -0.313. The fourth-order valence-electron chi connectivity index (χ4n) is 3.63. The Morgan fingerprint density at radius 3 is 2.50 bits per heavy atom. The number of halogens is 1. The Balaban J connectivity index is 1.14. The Kier molecular flexibility index (Phi) is 8.84. The molecule has 2 aromatic heterocycles. The quantitative estimate of drug-likeness (QED) is 0.120. The largest absolute Gasteiger partial charge is 0.460 e. The summed E-state index contributed by atoms with van der Waals surface area (Å²) in [5, 5.41) is 16.6. The van der Waals surface area contributed by atoms with Gasteiger partial charge in [-0.3, -0.25) is 9.36 Å². The van der Waals surface area contributed by atoms with Crippen LogP contribution < -0.4 is 15.5 Å². The van der Waals surface area contributed by atoms with E-state index in [4.69, 9.17) is 9.15 Å². The first-order valence-electron chi connectivity index (χ1n) is 12.3. The molecule has 0 saturated carbocycles. The number of carbonyl (C=O) groups excluding carboxylic acids is 1. The molecule has 9 nitrogen and oxygen atoms in total. The average molecular weight is 557 g/mol. The number of benzene rings is 3. The third-order valence-electron chi connectivity index (χ3n) is 5.55. The summed E-state index contributed by atoms with van der Waals surface area (Å²) < 4.78 is 26.0. The standard InChI is InChI=1S/C29H25FN6O3S/c30-22-13-11-21(12-14-22)19-38-28-16-15-25(39-28)17-32-34-27(37)20-40-29-35-33-26(18-31-23-7-3-1-4-8-23)36(29)24-9-5-2-6-10-24/h1-17,31H,18-20H2,(H,34,37)/b32-17+. The van der Waals surface area contributed by atoms with Crippen molar-refractivity contribution in [2.45, 2.75) is 18.3 Å². The topological polar surface area (TPSA) is 107 Å². The van der Waals surface area contributed by atoms with Crippen LogP contribution in [0.3, 0.4) is 0 Å². The molecule has 0 radical (unpaired) electrons. The van der Waals surface area contributed by atoms with Gasteiger partial charge in [0.2, 0.25) is 0 Å². The molecule has 0 aliphatic carbocycles. The van der Waals surface area contributed by atoms with Gasteiger partial charge >= 0.3 is 0 Å². The summed E-state index contributed by atoms with van der Waals surface area (Å²) in [6.45, 7) is 0.692. The van der Waals surface area contributed by atoms with Gasteiger partial charge in [0.05, 0.1) is 18.5 Å². The van der Waals surface area contributed by atoms with Gasteiger partial charge in [0, 0.05) is 17.4 Å². The minimum absolute atomic E-state index is 0.0820. The molecule has 40 heavy (non-hydrogen) atoms. The number of para-hydroxylation sites is 2. The van der Waals surface area contributed by atoms with Crippen LogP contribution in [0, 0.1) is 5.82 Å². The number of hydrogen-bond donors (Lipinski definition) is 2. The third-order valence-corrected chi connectivity index (χ3v) is 6.48. The molecule has 0 spiro atoms. The highest BCUT2D eigenvalue weighted by Gasteiger charge is 2.16. The number of hydrazone groups is 1. The van der Waals surface area contributed by atoms with Crippen LogP contribution in [0.15, 0.2) is 112 Å². The van der Waals surface area contributed by atoms with E-state index in [9.17, 15) is 9.18 Å². The molecule has 1 amide bonds. The van der Waals surface area contributed by atoms with Crippen LogP contribution >= 0.6 is 11.8 Å². The predicted octanol–water partition coefficient (Wildman–Crippen LogP) is 5.43.